The number of amides is 2. The standard InChI is InChI=1S/C29H29N3O3/c1-35-27-14-8-13-25-24(27)17-26(30-25)29(34)31-19-23(16-15-21-9-4-2-5-10-21)32(28(33)20-31)18-22-11-6-3-7-12-22/h2-14,17,23,30H,15-16,18-20H2,1H3/t23-/m0/s1. The average Bonchev–Trinajstić information content (AvgIpc) is 3.34. The Morgan fingerprint density at radius 2 is 1.69 bits per heavy atom. The molecule has 1 saturated heterocycles. The molecule has 0 aliphatic carbocycles. The Morgan fingerprint density at radius 1 is 0.971 bits per heavy atom. The SMILES string of the molecule is COc1cccc2[nH]c(C(=O)N3CC(=O)N(Cc4ccccc4)[C@@H](CCc4ccccc4)C3)cc12. The largest absolute Gasteiger partial charge is 0.496 e. The van der Waals surface area contributed by atoms with Crippen LogP contribution in [0.25, 0.3) is 10.9 Å². The zero-order chi connectivity index (χ0) is 24.2. The van der Waals surface area contributed by atoms with E-state index in [0.29, 0.717) is 24.5 Å². The predicted molar refractivity (Wildman–Crippen MR) is 136 cm³/mol. The molecule has 2 amide bonds. The monoisotopic (exact) mass is 467 g/mol. The van der Waals surface area contributed by atoms with Crippen LogP contribution in [0.5, 0.6) is 5.75 Å². The van der Waals surface area contributed by atoms with Crippen molar-refractivity contribution >= 4 is 22.7 Å². The first-order valence-electron chi connectivity index (χ1n) is 11.9. The number of hydrogen-bond donors (Lipinski definition) is 1. The van der Waals surface area contributed by atoms with Gasteiger partial charge in [-0.15, -0.1) is 0 Å². The van der Waals surface area contributed by atoms with E-state index < -0.39 is 0 Å². The van der Waals surface area contributed by atoms with Crippen molar-refractivity contribution in [3.63, 3.8) is 0 Å². The number of nitrogens with zero attached hydrogens (tertiary/aromatic N) is 2. The van der Waals surface area contributed by atoms with Crippen molar-refractivity contribution in [2.75, 3.05) is 20.2 Å². The number of carbonyl (C=O) groups excluding carboxylic acids is 2. The van der Waals surface area contributed by atoms with Crippen molar-refractivity contribution in [2.45, 2.75) is 25.4 Å². The van der Waals surface area contributed by atoms with Crippen molar-refractivity contribution in [3.05, 3.63) is 102 Å². The third-order valence-electron chi connectivity index (χ3n) is 6.68. The number of aryl methyl sites for hydroxylation is 1. The normalized spacial score (nSPS) is 16.0. The highest BCUT2D eigenvalue weighted by Crippen LogP contribution is 2.27. The molecule has 1 aliphatic rings. The number of methoxy groups -OCH3 is 1. The molecular formula is C29H29N3O3. The van der Waals surface area contributed by atoms with Gasteiger partial charge < -0.3 is 19.5 Å². The van der Waals surface area contributed by atoms with E-state index >= 15 is 0 Å². The molecule has 0 bridgehead atoms. The molecule has 1 N–H and O–H groups in total. The Bertz CT molecular complexity index is 1320. The Kier molecular flexibility index (Phi) is 6.53. The third-order valence-corrected chi connectivity index (χ3v) is 6.68. The van der Waals surface area contributed by atoms with Crippen molar-refractivity contribution < 1.29 is 14.3 Å². The number of nitrogens with one attached hydrogen (secondary N) is 1. The van der Waals surface area contributed by atoms with Gasteiger partial charge in [0.25, 0.3) is 5.91 Å². The Balaban J connectivity index is 1.38. The first-order chi connectivity index (χ1) is 17.1. The summed E-state index contributed by atoms with van der Waals surface area (Å²) < 4.78 is 5.44. The van der Waals surface area contributed by atoms with Crippen LogP contribution >= 0.6 is 0 Å². The number of fused-ring (bicyclic) bond motifs is 1. The van der Waals surface area contributed by atoms with Gasteiger partial charge in [0.1, 0.15) is 18.0 Å². The highest BCUT2D eigenvalue weighted by atomic mass is 16.5. The maximum absolute atomic E-state index is 13.5. The molecule has 0 saturated carbocycles. The highest BCUT2D eigenvalue weighted by molar-refractivity contribution is 6.01. The van der Waals surface area contributed by atoms with Crippen LogP contribution in [-0.4, -0.2) is 52.8 Å². The molecule has 6 nitrogen and oxygen atoms in total. The summed E-state index contributed by atoms with van der Waals surface area (Å²) >= 11 is 0. The summed E-state index contributed by atoms with van der Waals surface area (Å²) in [4.78, 5) is 33.7. The summed E-state index contributed by atoms with van der Waals surface area (Å²) in [6.45, 7) is 1.11. The van der Waals surface area contributed by atoms with E-state index in [1.54, 1.807) is 12.0 Å². The number of hydrogen-bond acceptors (Lipinski definition) is 3. The molecule has 1 atom stereocenters. The molecule has 0 spiro atoms. The van der Waals surface area contributed by atoms with Crippen molar-refractivity contribution in [3.8, 4) is 5.75 Å². The van der Waals surface area contributed by atoms with Gasteiger partial charge in [-0.05, 0) is 42.2 Å². The summed E-state index contributed by atoms with van der Waals surface area (Å²) in [6.07, 6.45) is 1.63. The summed E-state index contributed by atoms with van der Waals surface area (Å²) in [6, 6.07) is 27.7. The van der Waals surface area contributed by atoms with Crippen LogP contribution in [0.2, 0.25) is 0 Å². The minimum Gasteiger partial charge on any atom is -0.496 e. The van der Waals surface area contributed by atoms with E-state index in [4.69, 9.17) is 4.74 Å². The summed E-state index contributed by atoms with van der Waals surface area (Å²) in [5.74, 6) is 0.517. The highest BCUT2D eigenvalue weighted by Gasteiger charge is 2.35. The fourth-order valence-corrected chi connectivity index (χ4v) is 4.84. The number of benzene rings is 3. The topological polar surface area (TPSA) is 65.6 Å². The molecule has 1 fully saturated rings. The Labute approximate surface area is 205 Å². The smallest absolute Gasteiger partial charge is 0.270 e. The van der Waals surface area contributed by atoms with E-state index in [0.717, 1.165) is 29.3 Å². The molecule has 0 radical (unpaired) electrons. The fourth-order valence-electron chi connectivity index (χ4n) is 4.84. The molecule has 35 heavy (non-hydrogen) atoms. The zero-order valence-corrected chi connectivity index (χ0v) is 19.8. The van der Waals surface area contributed by atoms with E-state index in [1.165, 1.54) is 5.56 Å². The summed E-state index contributed by atoms with van der Waals surface area (Å²) in [5.41, 5.74) is 3.62. The van der Waals surface area contributed by atoms with Crippen molar-refractivity contribution in [2.24, 2.45) is 0 Å². The van der Waals surface area contributed by atoms with Crippen molar-refractivity contribution in [1.29, 1.82) is 0 Å². The van der Waals surface area contributed by atoms with Crippen molar-refractivity contribution in [1.82, 2.24) is 14.8 Å². The van der Waals surface area contributed by atoms with Gasteiger partial charge in [0.05, 0.1) is 13.2 Å². The second-order valence-corrected chi connectivity index (χ2v) is 8.98. The van der Waals surface area contributed by atoms with Gasteiger partial charge in [-0.3, -0.25) is 9.59 Å². The molecule has 3 aromatic carbocycles. The lowest BCUT2D eigenvalue weighted by Gasteiger charge is -2.41. The molecule has 0 unspecified atom stereocenters. The molecule has 1 aliphatic heterocycles. The van der Waals surface area contributed by atoms with E-state index in [2.05, 4.69) is 17.1 Å². The summed E-state index contributed by atoms with van der Waals surface area (Å²) in [5, 5.41) is 0.855. The lowest BCUT2D eigenvalue weighted by molar-refractivity contribution is -0.139. The number of aromatic amines is 1. The average molecular weight is 468 g/mol. The quantitative estimate of drug-likeness (QED) is 0.430. The molecule has 1 aromatic heterocycles. The van der Waals surface area contributed by atoms with Crippen LogP contribution in [0.1, 0.15) is 28.0 Å². The first kappa shape index (κ1) is 22.7. The molecule has 6 heteroatoms. The molecule has 5 rings (SSSR count). The van der Waals surface area contributed by atoms with Gasteiger partial charge in [-0.2, -0.15) is 0 Å². The number of H-pyrrole nitrogens is 1. The van der Waals surface area contributed by atoms with Gasteiger partial charge in [-0.25, -0.2) is 0 Å². The number of piperazine rings is 1. The van der Waals surface area contributed by atoms with Gasteiger partial charge in [0.2, 0.25) is 5.91 Å². The predicted octanol–water partition coefficient (Wildman–Crippen LogP) is 4.66. The third kappa shape index (κ3) is 4.92. The van der Waals surface area contributed by atoms with E-state index in [9.17, 15) is 9.59 Å². The van der Waals surface area contributed by atoms with Gasteiger partial charge in [0.15, 0.2) is 0 Å². The van der Waals surface area contributed by atoms with Crippen LogP contribution in [0, 0.1) is 0 Å². The molecule has 4 aromatic rings. The second-order valence-electron chi connectivity index (χ2n) is 8.98. The Hall–Kier alpha value is -4.06. The number of ether oxygens (including phenoxy) is 1. The van der Waals surface area contributed by atoms with Gasteiger partial charge >= 0.3 is 0 Å². The van der Waals surface area contributed by atoms with Gasteiger partial charge in [-0.1, -0.05) is 66.7 Å². The molecule has 2 heterocycles. The maximum atomic E-state index is 13.5. The maximum Gasteiger partial charge on any atom is 0.270 e. The first-order valence-corrected chi connectivity index (χ1v) is 11.9. The molecular weight excluding hydrogens is 438 g/mol. The fraction of sp³-hybridized carbons (Fsp3) is 0.241. The van der Waals surface area contributed by atoms with E-state index in [1.807, 2.05) is 77.7 Å². The molecule has 178 valence electrons. The minimum atomic E-state index is -0.166. The van der Waals surface area contributed by atoms with Crippen LogP contribution in [-0.2, 0) is 17.8 Å². The van der Waals surface area contributed by atoms with Crippen LogP contribution in [0.4, 0.5) is 0 Å². The number of rotatable bonds is 7. The second kappa shape index (κ2) is 10.1. The van der Waals surface area contributed by atoms with Crippen LogP contribution < -0.4 is 4.74 Å². The number of carbonyl (C=O) groups is 2. The van der Waals surface area contributed by atoms with E-state index in [-0.39, 0.29) is 24.4 Å². The van der Waals surface area contributed by atoms with Gasteiger partial charge in [0, 0.05) is 24.0 Å². The lowest BCUT2D eigenvalue weighted by Crippen LogP contribution is -2.57. The zero-order valence-electron chi connectivity index (χ0n) is 19.8. The van der Waals surface area contributed by atoms with Crippen LogP contribution in [0.15, 0.2) is 84.9 Å². The van der Waals surface area contributed by atoms with Crippen LogP contribution in [0.3, 0.4) is 0 Å². The number of aromatic nitrogens is 1. The minimum absolute atomic E-state index is 0.0276. The Morgan fingerprint density at radius 3 is 2.40 bits per heavy atom. The lowest BCUT2D eigenvalue weighted by atomic mass is 10.0. The summed E-state index contributed by atoms with van der Waals surface area (Å²) in [7, 11) is 1.62.